The van der Waals surface area contributed by atoms with Crippen molar-refractivity contribution in [3.63, 3.8) is 0 Å². The van der Waals surface area contributed by atoms with Gasteiger partial charge in [-0.3, -0.25) is 4.55 Å². The highest BCUT2D eigenvalue weighted by molar-refractivity contribution is 7.80. The molecule has 2 aliphatic rings. The number of hydrogen-bond donors (Lipinski definition) is 2. The summed E-state index contributed by atoms with van der Waals surface area (Å²) in [7, 11) is -3.52. The zero-order valence-electron chi connectivity index (χ0n) is 11.3. The summed E-state index contributed by atoms with van der Waals surface area (Å²) in [5.74, 6) is -0.950. The van der Waals surface area contributed by atoms with Gasteiger partial charge in [-0.15, -0.1) is 0 Å². The summed E-state index contributed by atoms with van der Waals surface area (Å²) in [4.78, 5) is 0. The highest BCUT2D eigenvalue weighted by Gasteiger charge is 2.52. The van der Waals surface area contributed by atoms with Gasteiger partial charge in [0.25, 0.3) is 0 Å². The normalized spacial score (nSPS) is 41.1. The van der Waals surface area contributed by atoms with Gasteiger partial charge in [-0.25, -0.2) is 4.18 Å². The van der Waals surface area contributed by atoms with Crippen LogP contribution >= 0.6 is 0 Å². The third-order valence-corrected chi connectivity index (χ3v) is 3.56. The fraction of sp³-hybridized carbons (Fsp3) is 1.00. The lowest BCUT2D eigenvalue weighted by Crippen LogP contribution is -2.65. The molecule has 0 aromatic heterocycles. The molecule has 0 aromatic rings. The predicted octanol–water partition coefficient (Wildman–Crippen LogP) is -0.942. The Morgan fingerprint density at radius 3 is 2.55 bits per heavy atom. The molecule has 20 heavy (non-hydrogen) atoms. The van der Waals surface area contributed by atoms with Gasteiger partial charge in [0, 0.05) is 7.11 Å². The Labute approximate surface area is 116 Å². The maximum atomic E-state index is 10.8. The third-order valence-electron chi connectivity index (χ3n) is 3.10. The lowest BCUT2D eigenvalue weighted by Gasteiger charge is -2.48. The summed E-state index contributed by atoms with van der Waals surface area (Å²) >= 11 is 0. The fourth-order valence-electron chi connectivity index (χ4n) is 2.25. The fourth-order valence-corrected chi connectivity index (χ4v) is 2.74. The van der Waals surface area contributed by atoms with Crippen molar-refractivity contribution < 1.29 is 41.2 Å². The molecule has 5 atom stereocenters. The van der Waals surface area contributed by atoms with Gasteiger partial charge in [-0.05, 0) is 13.8 Å². The number of fused-ring (bicyclic) bond motifs is 1. The first-order valence-corrected chi connectivity index (χ1v) is 7.33. The Morgan fingerprint density at radius 2 is 2.00 bits per heavy atom. The number of ether oxygens (including phenoxy) is 4. The average molecular weight is 314 g/mol. The van der Waals surface area contributed by atoms with Crippen LogP contribution in [0.5, 0.6) is 0 Å². The Kier molecular flexibility index (Phi) is 4.38. The van der Waals surface area contributed by atoms with E-state index in [1.165, 1.54) is 7.11 Å². The SMILES string of the molecule is CO[C@@H]1O[C@@H]2COC(C)(C)O[C@@H]2[C@H](O)[C@H]1OS(=O)(=O)O. The van der Waals surface area contributed by atoms with E-state index in [2.05, 4.69) is 4.18 Å². The van der Waals surface area contributed by atoms with Crippen molar-refractivity contribution in [3.8, 4) is 0 Å². The van der Waals surface area contributed by atoms with Gasteiger partial charge in [0.15, 0.2) is 18.2 Å². The van der Waals surface area contributed by atoms with E-state index in [4.69, 9.17) is 23.5 Å². The first kappa shape index (κ1) is 16.0. The van der Waals surface area contributed by atoms with Crippen LogP contribution in [-0.2, 0) is 33.5 Å². The Balaban J connectivity index is 2.20. The van der Waals surface area contributed by atoms with Crippen molar-refractivity contribution in [3.05, 3.63) is 0 Å². The van der Waals surface area contributed by atoms with E-state index in [1.54, 1.807) is 13.8 Å². The summed E-state index contributed by atoms with van der Waals surface area (Å²) in [5, 5.41) is 10.2. The Bertz CT molecular complexity index is 448. The van der Waals surface area contributed by atoms with Crippen LogP contribution in [-0.4, -0.2) is 68.3 Å². The summed E-state index contributed by atoms with van der Waals surface area (Å²) in [6, 6.07) is 0. The van der Waals surface area contributed by atoms with Crippen LogP contribution in [0, 0.1) is 0 Å². The number of hydrogen-bond acceptors (Lipinski definition) is 8. The number of methoxy groups -OCH3 is 1. The summed E-state index contributed by atoms with van der Waals surface area (Å²) in [6.07, 6.45) is -5.49. The van der Waals surface area contributed by atoms with Crippen LogP contribution in [0.15, 0.2) is 0 Å². The smallest absolute Gasteiger partial charge is 0.387 e. The van der Waals surface area contributed by atoms with Crippen LogP contribution < -0.4 is 0 Å². The number of aliphatic hydroxyl groups excluding tert-OH is 1. The maximum absolute atomic E-state index is 10.8. The molecule has 2 heterocycles. The van der Waals surface area contributed by atoms with E-state index in [-0.39, 0.29) is 6.61 Å². The minimum atomic E-state index is -4.77. The molecule has 0 spiro atoms. The highest BCUT2D eigenvalue weighted by atomic mass is 32.3. The molecule has 0 saturated carbocycles. The monoisotopic (exact) mass is 314 g/mol. The molecule has 0 radical (unpaired) electrons. The summed E-state index contributed by atoms with van der Waals surface area (Å²) in [5.41, 5.74) is 0. The van der Waals surface area contributed by atoms with Crippen molar-refractivity contribution in [1.29, 1.82) is 0 Å². The molecule has 2 saturated heterocycles. The van der Waals surface area contributed by atoms with Crippen LogP contribution in [0.25, 0.3) is 0 Å². The van der Waals surface area contributed by atoms with Gasteiger partial charge in [-0.2, -0.15) is 8.42 Å². The van der Waals surface area contributed by atoms with Crippen molar-refractivity contribution in [1.82, 2.24) is 0 Å². The largest absolute Gasteiger partial charge is 0.397 e. The van der Waals surface area contributed by atoms with E-state index in [1.807, 2.05) is 0 Å². The van der Waals surface area contributed by atoms with Crippen LogP contribution in [0.1, 0.15) is 13.8 Å². The Morgan fingerprint density at radius 1 is 1.35 bits per heavy atom. The molecular weight excluding hydrogens is 296 g/mol. The minimum absolute atomic E-state index is 0.146. The van der Waals surface area contributed by atoms with Crippen molar-refractivity contribution in [2.45, 2.75) is 50.3 Å². The molecule has 0 aliphatic carbocycles. The topological polar surface area (TPSA) is 121 Å². The second kappa shape index (κ2) is 5.46. The Hall–Kier alpha value is -0.330. The molecule has 0 unspecified atom stereocenters. The van der Waals surface area contributed by atoms with Gasteiger partial charge in [-0.1, -0.05) is 0 Å². The van der Waals surface area contributed by atoms with Gasteiger partial charge in [0.1, 0.15) is 18.3 Å². The lowest BCUT2D eigenvalue weighted by molar-refractivity contribution is -0.377. The molecule has 9 nitrogen and oxygen atoms in total. The molecule has 0 amide bonds. The maximum Gasteiger partial charge on any atom is 0.397 e. The van der Waals surface area contributed by atoms with Crippen molar-refractivity contribution in [2.24, 2.45) is 0 Å². The standard InChI is InChI=1S/C10H18O9S/c1-10(2)16-4-5-7(18-10)6(11)8(9(15-3)17-5)19-20(12,13)14/h5-9,11H,4H2,1-3H3,(H,12,13,14)/t5-,6+,7+,8-,9-/m1/s1. The van der Waals surface area contributed by atoms with Crippen molar-refractivity contribution in [2.75, 3.05) is 13.7 Å². The van der Waals surface area contributed by atoms with Gasteiger partial charge in [0.05, 0.1) is 6.61 Å². The van der Waals surface area contributed by atoms with Crippen LogP contribution in [0.2, 0.25) is 0 Å². The van der Waals surface area contributed by atoms with Crippen LogP contribution in [0.4, 0.5) is 0 Å². The number of aliphatic hydroxyl groups is 1. The van der Waals surface area contributed by atoms with Crippen LogP contribution in [0.3, 0.4) is 0 Å². The molecular formula is C10H18O9S. The highest BCUT2D eigenvalue weighted by Crippen LogP contribution is 2.33. The molecule has 2 N–H and O–H groups in total. The predicted molar refractivity (Wildman–Crippen MR) is 63.0 cm³/mol. The average Bonchev–Trinajstić information content (AvgIpc) is 2.31. The first-order chi connectivity index (χ1) is 9.13. The lowest BCUT2D eigenvalue weighted by atomic mass is 9.97. The number of rotatable bonds is 3. The van der Waals surface area contributed by atoms with Gasteiger partial charge in [0.2, 0.25) is 0 Å². The molecule has 2 fully saturated rings. The van der Waals surface area contributed by atoms with E-state index in [9.17, 15) is 13.5 Å². The molecule has 2 aliphatic heterocycles. The first-order valence-electron chi connectivity index (χ1n) is 5.97. The van der Waals surface area contributed by atoms with Crippen molar-refractivity contribution >= 4 is 10.4 Å². The second-order valence-electron chi connectivity index (χ2n) is 5.05. The zero-order chi connectivity index (χ0) is 15.1. The van der Waals surface area contributed by atoms with Gasteiger partial charge >= 0.3 is 10.4 Å². The second-order valence-corrected chi connectivity index (χ2v) is 6.10. The summed E-state index contributed by atoms with van der Waals surface area (Å²) < 4.78 is 56.1. The third kappa shape index (κ3) is 3.46. The quantitative estimate of drug-likeness (QED) is 0.635. The van der Waals surface area contributed by atoms with E-state index in [0.29, 0.717) is 0 Å². The molecule has 0 aromatic carbocycles. The summed E-state index contributed by atoms with van der Waals surface area (Å²) in [6.45, 7) is 3.45. The molecule has 118 valence electrons. The minimum Gasteiger partial charge on any atom is -0.387 e. The van der Waals surface area contributed by atoms with Gasteiger partial charge < -0.3 is 24.1 Å². The van der Waals surface area contributed by atoms with E-state index >= 15 is 0 Å². The molecule has 2 rings (SSSR count). The van der Waals surface area contributed by atoms with E-state index in [0.717, 1.165) is 0 Å². The molecule has 10 heteroatoms. The molecule has 0 bridgehead atoms. The van der Waals surface area contributed by atoms with E-state index < -0.39 is 46.9 Å². The zero-order valence-corrected chi connectivity index (χ0v) is 12.1.